The molecule has 1 aliphatic heterocycles. The number of benzene rings is 2. The predicted molar refractivity (Wildman–Crippen MR) is 104 cm³/mol. The van der Waals surface area contributed by atoms with Crippen molar-refractivity contribution in [2.45, 2.75) is 39.8 Å². The Morgan fingerprint density at radius 3 is 2.50 bits per heavy atom. The highest BCUT2D eigenvalue weighted by atomic mass is 35.5. The van der Waals surface area contributed by atoms with Gasteiger partial charge in [0, 0.05) is 23.3 Å². The van der Waals surface area contributed by atoms with Crippen LogP contribution in [0.25, 0.3) is 0 Å². The highest BCUT2D eigenvalue weighted by Gasteiger charge is 2.43. The van der Waals surface area contributed by atoms with E-state index in [2.05, 4.69) is 5.32 Å². The van der Waals surface area contributed by atoms with Crippen molar-refractivity contribution in [3.05, 3.63) is 64.7 Å². The highest BCUT2D eigenvalue weighted by molar-refractivity contribution is 6.30. The van der Waals surface area contributed by atoms with Crippen molar-refractivity contribution in [3.8, 4) is 0 Å². The second-order valence-corrected chi connectivity index (χ2v) is 7.73. The van der Waals surface area contributed by atoms with Crippen LogP contribution in [0.3, 0.4) is 0 Å². The number of anilines is 1. The highest BCUT2D eigenvalue weighted by Crippen LogP contribution is 2.35. The second kappa shape index (κ2) is 7.12. The number of rotatable bonds is 4. The number of fused-ring (bicyclic) bond motifs is 1. The lowest BCUT2D eigenvalue weighted by Crippen LogP contribution is -2.51. The van der Waals surface area contributed by atoms with E-state index in [1.807, 2.05) is 43.3 Å². The number of carbonyl (C=O) groups is 2. The van der Waals surface area contributed by atoms with Crippen molar-refractivity contribution < 1.29 is 9.59 Å². The zero-order chi connectivity index (χ0) is 18.9. The SMILES string of the molecule is CC1Cc2ccccc2N1C(=O)C(C)(C)C(=O)NCc1ccc(Cl)cc1. The van der Waals surface area contributed by atoms with Gasteiger partial charge in [0.2, 0.25) is 11.8 Å². The lowest BCUT2D eigenvalue weighted by Gasteiger charge is -2.31. The topological polar surface area (TPSA) is 49.4 Å². The molecule has 26 heavy (non-hydrogen) atoms. The Kier molecular flexibility index (Phi) is 5.05. The van der Waals surface area contributed by atoms with Crippen LogP contribution in [0.4, 0.5) is 5.69 Å². The van der Waals surface area contributed by atoms with Crippen LogP contribution in [0.5, 0.6) is 0 Å². The van der Waals surface area contributed by atoms with Crippen molar-refractivity contribution >= 4 is 29.1 Å². The lowest BCUT2D eigenvalue weighted by atomic mass is 9.89. The molecule has 0 saturated heterocycles. The first-order valence-electron chi connectivity index (χ1n) is 8.75. The Labute approximate surface area is 159 Å². The molecule has 0 aliphatic carbocycles. The van der Waals surface area contributed by atoms with Gasteiger partial charge in [0.1, 0.15) is 5.41 Å². The van der Waals surface area contributed by atoms with Gasteiger partial charge in [-0.1, -0.05) is 41.9 Å². The quantitative estimate of drug-likeness (QED) is 0.828. The summed E-state index contributed by atoms with van der Waals surface area (Å²) in [6.07, 6.45) is 0.810. The Morgan fingerprint density at radius 2 is 1.81 bits per heavy atom. The molecule has 2 aromatic carbocycles. The van der Waals surface area contributed by atoms with E-state index in [-0.39, 0.29) is 17.9 Å². The van der Waals surface area contributed by atoms with Crippen molar-refractivity contribution in [1.82, 2.24) is 5.32 Å². The van der Waals surface area contributed by atoms with Gasteiger partial charge >= 0.3 is 0 Å². The first-order chi connectivity index (χ1) is 12.3. The van der Waals surface area contributed by atoms with Crippen LogP contribution < -0.4 is 10.2 Å². The normalized spacial score (nSPS) is 16.3. The number of hydrogen-bond acceptors (Lipinski definition) is 2. The average Bonchev–Trinajstić information content (AvgIpc) is 2.95. The third-order valence-corrected chi connectivity index (χ3v) is 5.15. The van der Waals surface area contributed by atoms with E-state index >= 15 is 0 Å². The molecular formula is C21H23ClN2O2. The van der Waals surface area contributed by atoms with Gasteiger partial charge in [-0.05, 0) is 56.5 Å². The van der Waals surface area contributed by atoms with Gasteiger partial charge in [-0.25, -0.2) is 0 Å². The predicted octanol–water partition coefficient (Wildman–Crippen LogP) is 3.96. The molecule has 1 unspecified atom stereocenters. The fraction of sp³-hybridized carbons (Fsp3) is 0.333. The number of amides is 2. The summed E-state index contributed by atoms with van der Waals surface area (Å²) in [6, 6.07) is 15.2. The molecule has 1 aliphatic rings. The van der Waals surface area contributed by atoms with Gasteiger partial charge < -0.3 is 10.2 Å². The standard InChI is InChI=1S/C21H23ClN2O2/c1-14-12-16-6-4-5-7-18(16)24(14)20(26)21(2,3)19(25)23-13-15-8-10-17(22)11-9-15/h4-11,14H,12-13H2,1-3H3,(H,23,25). The minimum Gasteiger partial charge on any atom is -0.351 e. The van der Waals surface area contributed by atoms with Gasteiger partial charge in [0.05, 0.1) is 0 Å². The van der Waals surface area contributed by atoms with Gasteiger partial charge in [-0.2, -0.15) is 0 Å². The number of carbonyl (C=O) groups excluding carboxylic acids is 2. The van der Waals surface area contributed by atoms with Crippen LogP contribution in [-0.4, -0.2) is 17.9 Å². The van der Waals surface area contributed by atoms with Crippen LogP contribution in [-0.2, 0) is 22.6 Å². The second-order valence-electron chi connectivity index (χ2n) is 7.29. The Balaban J connectivity index is 1.73. The molecule has 136 valence electrons. The summed E-state index contributed by atoms with van der Waals surface area (Å²) in [5.74, 6) is -0.461. The fourth-order valence-electron chi connectivity index (χ4n) is 3.28. The maximum Gasteiger partial charge on any atom is 0.242 e. The first-order valence-corrected chi connectivity index (χ1v) is 9.13. The van der Waals surface area contributed by atoms with Crippen molar-refractivity contribution in [2.75, 3.05) is 4.90 Å². The molecule has 1 atom stereocenters. The van der Waals surface area contributed by atoms with Crippen molar-refractivity contribution in [2.24, 2.45) is 5.41 Å². The van der Waals surface area contributed by atoms with Crippen LogP contribution in [0.2, 0.25) is 5.02 Å². The molecule has 0 fully saturated rings. The van der Waals surface area contributed by atoms with E-state index in [1.165, 1.54) is 0 Å². The summed E-state index contributed by atoms with van der Waals surface area (Å²) in [6.45, 7) is 5.73. The van der Waals surface area contributed by atoms with Crippen LogP contribution in [0.15, 0.2) is 48.5 Å². The van der Waals surface area contributed by atoms with Gasteiger partial charge in [-0.15, -0.1) is 0 Å². The minimum atomic E-state index is -1.15. The Morgan fingerprint density at radius 1 is 1.15 bits per heavy atom. The maximum atomic E-state index is 13.2. The van der Waals surface area contributed by atoms with Gasteiger partial charge in [0.15, 0.2) is 0 Å². The summed E-state index contributed by atoms with van der Waals surface area (Å²) in [4.78, 5) is 27.7. The summed E-state index contributed by atoms with van der Waals surface area (Å²) < 4.78 is 0. The molecule has 0 spiro atoms. The lowest BCUT2D eigenvalue weighted by molar-refractivity contribution is -0.140. The van der Waals surface area contributed by atoms with Gasteiger partial charge in [0.25, 0.3) is 0 Å². The first kappa shape index (κ1) is 18.5. The third kappa shape index (κ3) is 3.47. The van der Waals surface area contributed by atoms with E-state index in [9.17, 15) is 9.59 Å². The number of para-hydroxylation sites is 1. The number of hydrogen-bond donors (Lipinski definition) is 1. The molecule has 2 aromatic rings. The van der Waals surface area contributed by atoms with Gasteiger partial charge in [-0.3, -0.25) is 9.59 Å². The summed E-state index contributed by atoms with van der Waals surface area (Å²) in [5.41, 5.74) is 1.83. The number of halogens is 1. The molecule has 4 nitrogen and oxygen atoms in total. The van der Waals surface area contributed by atoms with E-state index in [0.29, 0.717) is 11.6 Å². The zero-order valence-electron chi connectivity index (χ0n) is 15.3. The summed E-state index contributed by atoms with van der Waals surface area (Å²) in [7, 11) is 0. The maximum absolute atomic E-state index is 13.2. The molecule has 0 aromatic heterocycles. The van der Waals surface area contributed by atoms with E-state index in [1.54, 1.807) is 30.9 Å². The van der Waals surface area contributed by atoms with Crippen LogP contribution >= 0.6 is 11.6 Å². The average molecular weight is 371 g/mol. The molecule has 5 heteroatoms. The van der Waals surface area contributed by atoms with Crippen LogP contribution in [0.1, 0.15) is 31.9 Å². The molecule has 1 N–H and O–H groups in total. The zero-order valence-corrected chi connectivity index (χ0v) is 16.0. The smallest absolute Gasteiger partial charge is 0.242 e. The summed E-state index contributed by atoms with van der Waals surface area (Å²) in [5, 5.41) is 3.52. The number of nitrogens with zero attached hydrogens (tertiary/aromatic N) is 1. The van der Waals surface area contributed by atoms with Crippen LogP contribution in [0, 0.1) is 5.41 Å². The largest absolute Gasteiger partial charge is 0.351 e. The molecule has 3 rings (SSSR count). The molecule has 1 heterocycles. The van der Waals surface area contributed by atoms with Crippen molar-refractivity contribution in [1.29, 1.82) is 0 Å². The Bertz CT molecular complexity index is 830. The third-order valence-electron chi connectivity index (χ3n) is 4.89. The molecule has 0 bridgehead atoms. The minimum absolute atomic E-state index is 0.0447. The molecule has 0 radical (unpaired) electrons. The summed E-state index contributed by atoms with van der Waals surface area (Å²) >= 11 is 5.88. The Hall–Kier alpha value is -2.33. The molecule has 2 amide bonds. The fourth-order valence-corrected chi connectivity index (χ4v) is 3.40. The van der Waals surface area contributed by atoms with E-state index < -0.39 is 5.41 Å². The van der Waals surface area contributed by atoms with E-state index in [0.717, 1.165) is 23.2 Å². The molecule has 0 saturated carbocycles. The monoisotopic (exact) mass is 370 g/mol. The molecular weight excluding hydrogens is 348 g/mol. The number of nitrogens with one attached hydrogen (secondary N) is 1. The van der Waals surface area contributed by atoms with Crippen molar-refractivity contribution in [3.63, 3.8) is 0 Å². The van der Waals surface area contributed by atoms with E-state index in [4.69, 9.17) is 11.6 Å².